The number of hydrogen-bond acceptors (Lipinski definition) is 4. The van der Waals surface area contributed by atoms with Crippen molar-refractivity contribution in [1.29, 1.82) is 0 Å². The first-order valence-electron chi connectivity index (χ1n) is 6.42. The summed E-state index contributed by atoms with van der Waals surface area (Å²) in [5, 5.41) is 14.0. The maximum Gasteiger partial charge on any atom is 0.287 e. The Balaban J connectivity index is 1.72. The van der Waals surface area contributed by atoms with E-state index in [4.69, 9.17) is 0 Å². The summed E-state index contributed by atoms with van der Waals surface area (Å²) in [6.07, 6.45) is 3.37. The lowest BCUT2D eigenvalue weighted by molar-refractivity contribution is -0.384. The predicted octanol–water partition coefficient (Wildman–Crippen LogP) is 0.748. The number of aromatic nitrogens is 1. The van der Waals surface area contributed by atoms with Gasteiger partial charge in [0.1, 0.15) is 5.69 Å². The number of H-pyrrole nitrogens is 1. The second-order valence-corrected chi connectivity index (χ2v) is 5.43. The summed E-state index contributed by atoms with van der Waals surface area (Å²) in [6, 6.07) is 1.31. The van der Waals surface area contributed by atoms with Gasteiger partial charge in [0.15, 0.2) is 0 Å². The second-order valence-electron chi connectivity index (χ2n) is 5.43. The topological polar surface area (TPSA) is 91.3 Å². The third kappa shape index (κ3) is 2.10. The maximum atomic E-state index is 12.3. The minimum atomic E-state index is -0.500. The lowest BCUT2D eigenvalue weighted by atomic mass is 9.87. The Hall–Kier alpha value is -1.89. The van der Waals surface area contributed by atoms with Crippen LogP contribution < -0.4 is 5.32 Å². The van der Waals surface area contributed by atoms with Crippen molar-refractivity contribution in [3.8, 4) is 0 Å². The molecular weight excluding hydrogens is 248 g/mol. The molecule has 2 fully saturated rings. The van der Waals surface area contributed by atoms with E-state index in [2.05, 4.69) is 10.3 Å². The Morgan fingerprint density at radius 1 is 1.47 bits per heavy atom. The zero-order chi connectivity index (χ0) is 13.5. The van der Waals surface area contributed by atoms with Crippen LogP contribution in [0.25, 0.3) is 0 Å². The number of amides is 1. The minimum absolute atomic E-state index is 0.0696. The van der Waals surface area contributed by atoms with Gasteiger partial charge in [0, 0.05) is 31.1 Å². The van der Waals surface area contributed by atoms with Crippen LogP contribution in [0.1, 0.15) is 23.3 Å². The number of hydrogen-bond donors (Lipinski definition) is 2. The molecule has 2 aliphatic heterocycles. The molecule has 1 amide bonds. The van der Waals surface area contributed by atoms with Crippen LogP contribution in [0.5, 0.6) is 0 Å². The molecule has 1 aromatic heterocycles. The minimum Gasteiger partial charge on any atom is -0.351 e. The van der Waals surface area contributed by atoms with Crippen molar-refractivity contribution in [2.45, 2.75) is 12.8 Å². The monoisotopic (exact) mass is 264 g/mol. The fraction of sp³-hybridized carbons (Fsp3) is 0.583. The third-order valence-corrected chi connectivity index (χ3v) is 4.17. The number of nitro groups is 1. The van der Waals surface area contributed by atoms with Crippen LogP contribution in [0.15, 0.2) is 12.3 Å². The first kappa shape index (κ1) is 12.2. The number of nitrogens with one attached hydrogen (secondary N) is 2. The molecule has 0 saturated carbocycles. The Morgan fingerprint density at radius 3 is 2.95 bits per heavy atom. The van der Waals surface area contributed by atoms with E-state index in [-0.39, 0.29) is 17.0 Å². The fourth-order valence-electron chi connectivity index (χ4n) is 3.03. The SMILES string of the molecule is O=C(c1cc([N+](=O)[O-])c[nH]1)N1CCC2(CCNC2)C1. The molecule has 1 spiro atoms. The Bertz CT molecular complexity index is 519. The van der Waals surface area contributed by atoms with E-state index >= 15 is 0 Å². The van der Waals surface area contributed by atoms with Crippen LogP contribution in [0.2, 0.25) is 0 Å². The first-order valence-corrected chi connectivity index (χ1v) is 6.42. The van der Waals surface area contributed by atoms with Crippen molar-refractivity contribution in [2.24, 2.45) is 5.41 Å². The van der Waals surface area contributed by atoms with E-state index < -0.39 is 4.92 Å². The maximum absolute atomic E-state index is 12.3. The molecule has 2 saturated heterocycles. The standard InChI is InChI=1S/C12H16N4O3/c17-11(10-5-9(6-14-10)16(18)19)15-4-2-12(8-15)1-3-13-7-12/h5-6,13-14H,1-4,7-8H2. The van der Waals surface area contributed by atoms with E-state index in [0.717, 1.165) is 39.0 Å². The highest BCUT2D eigenvalue weighted by Crippen LogP contribution is 2.36. The van der Waals surface area contributed by atoms with Crippen molar-refractivity contribution < 1.29 is 9.72 Å². The van der Waals surface area contributed by atoms with Crippen molar-refractivity contribution in [3.63, 3.8) is 0 Å². The molecule has 0 radical (unpaired) electrons. The van der Waals surface area contributed by atoms with Crippen molar-refractivity contribution >= 4 is 11.6 Å². The van der Waals surface area contributed by atoms with Gasteiger partial charge in [0.2, 0.25) is 0 Å². The number of carbonyl (C=O) groups is 1. The summed E-state index contributed by atoms with van der Waals surface area (Å²) in [5.41, 5.74) is 0.447. The molecule has 7 nitrogen and oxygen atoms in total. The number of aromatic amines is 1. The Kier molecular flexibility index (Phi) is 2.78. The van der Waals surface area contributed by atoms with E-state index in [9.17, 15) is 14.9 Å². The molecule has 3 heterocycles. The molecule has 19 heavy (non-hydrogen) atoms. The largest absolute Gasteiger partial charge is 0.351 e. The van der Waals surface area contributed by atoms with Crippen molar-refractivity contribution in [2.75, 3.05) is 26.2 Å². The van der Waals surface area contributed by atoms with Gasteiger partial charge >= 0.3 is 0 Å². The number of carbonyl (C=O) groups excluding carboxylic acids is 1. The molecule has 0 bridgehead atoms. The predicted molar refractivity (Wildman–Crippen MR) is 67.9 cm³/mol. The second kappa shape index (κ2) is 4.34. The number of likely N-dealkylation sites (tertiary alicyclic amines) is 1. The molecule has 7 heteroatoms. The zero-order valence-corrected chi connectivity index (χ0v) is 10.5. The molecule has 1 unspecified atom stereocenters. The van der Waals surface area contributed by atoms with Crippen LogP contribution in [0.4, 0.5) is 5.69 Å². The average Bonchev–Trinajstić information content (AvgIpc) is 3.11. The molecule has 0 aromatic carbocycles. The Morgan fingerprint density at radius 2 is 2.32 bits per heavy atom. The van der Waals surface area contributed by atoms with E-state index in [1.54, 1.807) is 4.90 Å². The van der Waals surface area contributed by atoms with Crippen molar-refractivity contribution in [1.82, 2.24) is 15.2 Å². The molecular formula is C12H16N4O3. The van der Waals surface area contributed by atoms with Crippen LogP contribution >= 0.6 is 0 Å². The highest BCUT2D eigenvalue weighted by molar-refractivity contribution is 5.93. The molecule has 3 rings (SSSR count). The van der Waals surface area contributed by atoms with Crippen LogP contribution in [-0.2, 0) is 0 Å². The van der Waals surface area contributed by atoms with Gasteiger partial charge in [-0.05, 0) is 19.4 Å². The highest BCUT2D eigenvalue weighted by atomic mass is 16.6. The van der Waals surface area contributed by atoms with Gasteiger partial charge in [0.05, 0.1) is 11.1 Å². The summed E-state index contributed by atoms with van der Waals surface area (Å²) >= 11 is 0. The lowest BCUT2D eigenvalue weighted by Crippen LogP contribution is -2.33. The van der Waals surface area contributed by atoms with Crippen LogP contribution in [0.3, 0.4) is 0 Å². The van der Waals surface area contributed by atoms with Crippen molar-refractivity contribution in [3.05, 3.63) is 28.1 Å². The van der Waals surface area contributed by atoms with Crippen LogP contribution in [-0.4, -0.2) is 46.9 Å². The quantitative estimate of drug-likeness (QED) is 0.609. The third-order valence-electron chi connectivity index (χ3n) is 4.17. The van der Waals surface area contributed by atoms with Gasteiger partial charge in [-0.2, -0.15) is 0 Å². The highest BCUT2D eigenvalue weighted by Gasteiger charge is 2.42. The number of rotatable bonds is 2. The molecule has 1 aromatic rings. The van der Waals surface area contributed by atoms with Gasteiger partial charge in [-0.15, -0.1) is 0 Å². The normalized spacial score (nSPS) is 26.2. The summed E-state index contributed by atoms with van der Waals surface area (Å²) in [5.74, 6) is -0.142. The first-order chi connectivity index (χ1) is 9.10. The van der Waals surface area contributed by atoms with Gasteiger partial charge in [0.25, 0.3) is 11.6 Å². The van der Waals surface area contributed by atoms with Gasteiger partial charge < -0.3 is 15.2 Å². The molecule has 2 aliphatic rings. The summed E-state index contributed by atoms with van der Waals surface area (Å²) in [7, 11) is 0. The number of nitrogens with zero attached hydrogens (tertiary/aromatic N) is 2. The summed E-state index contributed by atoms with van der Waals surface area (Å²) in [4.78, 5) is 26.9. The summed E-state index contributed by atoms with van der Waals surface area (Å²) < 4.78 is 0. The van der Waals surface area contributed by atoms with Gasteiger partial charge in [-0.1, -0.05) is 0 Å². The average molecular weight is 264 g/mol. The van der Waals surface area contributed by atoms with E-state index in [1.165, 1.54) is 12.3 Å². The fourth-order valence-corrected chi connectivity index (χ4v) is 3.03. The van der Waals surface area contributed by atoms with Gasteiger partial charge in [-0.25, -0.2) is 0 Å². The molecule has 1 atom stereocenters. The lowest BCUT2D eigenvalue weighted by Gasteiger charge is -2.22. The molecule has 0 aliphatic carbocycles. The molecule has 2 N–H and O–H groups in total. The van der Waals surface area contributed by atoms with Crippen LogP contribution in [0, 0.1) is 15.5 Å². The summed E-state index contributed by atoms with van der Waals surface area (Å²) in [6.45, 7) is 3.44. The zero-order valence-electron chi connectivity index (χ0n) is 10.5. The smallest absolute Gasteiger partial charge is 0.287 e. The van der Waals surface area contributed by atoms with E-state index in [0.29, 0.717) is 5.69 Å². The Labute approximate surface area is 110 Å². The van der Waals surface area contributed by atoms with E-state index in [1.807, 2.05) is 0 Å². The van der Waals surface area contributed by atoms with Gasteiger partial charge in [-0.3, -0.25) is 14.9 Å². The molecule has 102 valence electrons.